The molecule has 2 heterocycles. The molecule has 3 aromatic carbocycles. The van der Waals surface area contributed by atoms with Crippen LogP contribution in [0.5, 0.6) is 5.75 Å². The number of aliphatic carboxylic acids is 1. The molecule has 0 aliphatic carbocycles. The third kappa shape index (κ3) is 5.29. The maximum absolute atomic E-state index is 12.7. The number of aromatic amines is 1. The lowest BCUT2D eigenvalue weighted by Gasteiger charge is -2.19. The van der Waals surface area contributed by atoms with Crippen LogP contribution >= 0.6 is 0 Å². The highest BCUT2D eigenvalue weighted by molar-refractivity contribution is 5.87. The van der Waals surface area contributed by atoms with Gasteiger partial charge in [0.2, 0.25) is 0 Å². The van der Waals surface area contributed by atoms with E-state index in [1.54, 1.807) is 24.4 Å². The zero-order valence-corrected chi connectivity index (χ0v) is 20.7. The van der Waals surface area contributed by atoms with Crippen molar-refractivity contribution in [3.63, 3.8) is 0 Å². The van der Waals surface area contributed by atoms with Crippen LogP contribution in [0, 0.1) is 6.92 Å². The summed E-state index contributed by atoms with van der Waals surface area (Å²) in [5.74, 6) is -1.69. The molecule has 1 amide bonds. The number of carboxylic acid groups (broad SMARTS) is 1. The highest BCUT2D eigenvalue weighted by Crippen LogP contribution is 2.25. The molecule has 8 nitrogen and oxygen atoms in total. The summed E-state index contributed by atoms with van der Waals surface area (Å²) < 4.78 is 11.1. The van der Waals surface area contributed by atoms with E-state index >= 15 is 0 Å². The zero-order valence-electron chi connectivity index (χ0n) is 20.7. The second kappa shape index (κ2) is 10.6. The molecule has 0 aliphatic rings. The number of hydrogen-bond donors (Lipinski definition) is 2. The van der Waals surface area contributed by atoms with E-state index in [1.807, 2.05) is 61.5 Å². The number of carbonyl (C=O) groups excluding carboxylic acids is 2. The summed E-state index contributed by atoms with van der Waals surface area (Å²) in [6.07, 6.45) is 2.24. The Morgan fingerprint density at radius 3 is 2.58 bits per heavy atom. The number of rotatable bonds is 9. The van der Waals surface area contributed by atoms with Crippen LogP contribution in [0.4, 0.5) is 0 Å². The monoisotopic (exact) mass is 509 g/mol. The van der Waals surface area contributed by atoms with Crippen LogP contribution in [0.25, 0.3) is 21.9 Å². The van der Waals surface area contributed by atoms with Gasteiger partial charge in [-0.05, 0) is 41.8 Å². The summed E-state index contributed by atoms with van der Waals surface area (Å²) >= 11 is 0. The van der Waals surface area contributed by atoms with Crippen molar-refractivity contribution in [2.45, 2.75) is 25.8 Å². The Morgan fingerprint density at radius 2 is 1.79 bits per heavy atom. The van der Waals surface area contributed by atoms with Crippen molar-refractivity contribution in [3.8, 4) is 5.75 Å². The smallest absolute Gasteiger partial charge is 0.340 e. The SMILES string of the molecule is Cc1c(Cc2ccccc2)c(=O)oc2cc(OCC(=O)N[C@@H](Cc3c[nH]c4ccccc34)C(=O)[O-])ccc12. The van der Waals surface area contributed by atoms with Crippen molar-refractivity contribution in [2.24, 2.45) is 0 Å². The van der Waals surface area contributed by atoms with Gasteiger partial charge < -0.3 is 29.4 Å². The first-order valence-electron chi connectivity index (χ1n) is 12.2. The maximum Gasteiger partial charge on any atom is 0.340 e. The number of H-pyrrole nitrogens is 1. The second-order valence-electron chi connectivity index (χ2n) is 9.10. The molecule has 5 rings (SSSR count). The zero-order chi connectivity index (χ0) is 26.6. The molecule has 1 atom stereocenters. The minimum Gasteiger partial charge on any atom is -0.548 e. The van der Waals surface area contributed by atoms with E-state index in [-0.39, 0.29) is 6.42 Å². The van der Waals surface area contributed by atoms with E-state index in [2.05, 4.69) is 10.3 Å². The highest BCUT2D eigenvalue weighted by Gasteiger charge is 2.18. The van der Waals surface area contributed by atoms with Gasteiger partial charge in [-0.15, -0.1) is 0 Å². The van der Waals surface area contributed by atoms with Gasteiger partial charge in [0.15, 0.2) is 6.61 Å². The highest BCUT2D eigenvalue weighted by atomic mass is 16.5. The van der Waals surface area contributed by atoms with Gasteiger partial charge in [0, 0.05) is 47.0 Å². The second-order valence-corrected chi connectivity index (χ2v) is 9.10. The number of carbonyl (C=O) groups is 2. The number of ether oxygens (including phenoxy) is 1. The van der Waals surface area contributed by atoms with E-state index in [9.17, 15) is 19.5 Å². The number of amides is 1. The number of benzene rings is 3. The first kappa shape index (κ1) is 24.8. The minimum atomic E-state index is -1.39. The maximum atomic E-state index is 12.7. The fraction of sp³-hybridized carbons (Fsp3) is 0.167. The number of nitrogens with one attached hydrogen (secondary N) is 2. The molecule has 2 aromatic heterocycles. The Balaban J connectivity index is 1.26. The molecule has 8 heteroatoms. The number of fused-ring (bicyclic) bond motifs is 2. The van der Waals surface area contributed by atoms with Gasteiger partial charge in [-0.25, -0.2) is 4.79 Å². The van der Waals surface area contributed by atoms with Crippen molar-refractivity contribution < 1.29 is 23.8 Å². The molecule has 0 saturated carbocycles. The molecule has 0 saturated heterocycles. The van der Waals surface area contributed by atoms with Gasteiger partial charge in [0.25, 0.3) is 5.91 Å². The average molecular weight is 510 g/mol. The number of hydrogen-bond acceptors (Lipinski definition) is 6. The standard InChI is InChI=1S/C30H26N2O6/c1-18-22-12-11-21(15-27(22)38-30(36)24(18)13-19-7-3-2-4-8-19)37-17-28(33)32-26(29(34)35)14-20-16-31-25-10-6-5-9-23(20)25/h2-12,15-16,26,31H,13-14,17H2,1H3,(H,32,33)(H,34,35)/p-1/t26-/m0/s1. The van der Waals surface area contributed by atoms with Crippen molar-refractivity contribution in [3.05, 3.63) is 112 Å². The fourth-order valence-electron chi connectivity index (χ4n) is 4.57. The molecule has 38 heavy (non-hydrogen) atoms. The van der Waals surface area contributed by atoms with E-state index < -0.39 is 30.2 Å². The molecule has 0 radical (unpaired) electrons. The third-order valence-electron chi connectivity index (χ3n) is 6.57. The van der Waals surface area contributed by atoms with Gasteiger partial charge in [-0.3, -0.25) is 4.79 Å². The van der Waals surface area contributed by atoms with Crippen LogP contribution in [-0.2, 0) is 22.4 Å². The summed E-state index contributed by atoms with van der Waals surface area (Å²) in [6, 6.07) is 20.9. The summed E-state index contributed by atoms with van der Waals surface area (Å²) in [4.78, 5) is 40.0. The molecule has 5 aromatic rings. The van der Waals surface area contributed by atoms with Gasteiger partial charge in [-0.2, -0.15) is 0 Å². The van der Waals surface area contributed by atoms with Gasteiger partial charge in [0.1, 0.15) is 11.3 Å². The average Bonchev–Trinajstić information content (AvgIpc) is 3.32. The summed E-state index contributed by atoms with van der Waals surface area (Å²) in [6.45, 7) is 1.46. The summed E-state index contributed by atoms with van der Waals surface area (Å²) in [7, 11) is 0. The Morgan fingerprint density at radius 1 is 1.03 bits per heavy atom. The number of aryl methyl sites for hydroxylation is 1. The number of carboxylic acids is 1. The topological polar surface area (TPSA) is 124 Å². The Bertz CT molecular complexity index is 1690. The van der Waals surface area contributed by atoms with E-state index in [1.165, 1.54) is 0 Å². The van der Waals surface area contributed by atoms with Crippen LogP contribution in [-0.4, -0.2) is 29.5 Å². The van der Waals surface area contributed by atoms with Crippen LogP contribution in [0.2, 0.25) is 0 Å². The molecular formula is C30H25N2O6-. The van der Waals surface area contributed by atoms with Crippen molar-refractivity contribution in [1.29, 1.82) is 0 Å². The molecule has 0 aliphatic heterocycles. The molecule has 0 fully saturated rings. The predicted octanol–water partition coefficient (Wildman–Crippen LogP) is 3.03. The lowest BCUT2D eigenvalue weighted by atomic mass is 10.00. The summed E-state index contributed by atoms with van der Waals surface area (Å²) in [5.41, 5.74) is 3.95. The van der Waals surface area contributed by atoms with Crippen molar-refractivity contribution in [2.75, 3.05) is 6.61 Å². The first-order valence-corrected chi connectivity index (χ1v) is 12.2. The fourth-order valence-corrected chi connectivity index (χ4v) is 4.57. The normalized spacial score (nSPS) is 11.9. The van der Waals surface area contributed by atoms with Gasteiger partial charge in [0.05, 0.1) is 12.0 Å². The third-order valence-corrected chi connectivity index (χ3v) is 6.57. The molecule has 0 unspecified atom stereocenters. The van der Waals surface area contributed by atoms with Gasteiger partial charge in [-0.1, -0.05) is 48.5 Å². The lowest BCUT2D eigenvalue weighted by Crippen LogP contribution is -2.50. The van der Waals surface area contributed by atoms with Crippen LogP contribution < -0.4 is 20.8 Å². The predicted molar refractivity (Wildman–Crippen MR) is 141 cm³/mol. The number of aromatic nitrogens is 1. The minimum absolute atomic E-state index is 0.0593. The quantitative estimate of drug-likeness (QED) is 0.294. The first-order chi connectivity index (χ1) is 18.4. The van der Waals surface area contributed by atoms with Crippen molar-refractivity contribution >= 4 is 33.7 Å². The molecule has 0 spiro atoms. The lowest BCUT2D eigenvalue weighted by molar-refractivity contribution is -0.308. The Hall–Kier alpha value is -4.85. The Labute approximate surface area is 217 Å². The molecule has 192 valence electrons. The van der Waals surface area contributed by atoms with Crippen LogP contribution in [0.3, 0.4) is 0 Å². The van der Waals surface area contributed by atoms with Gasteiger partial charge >= 0.3 is 5.63 Å². The van der Waals surface area contributed by atoms with E-state index in [4.69, 9.17) is 9.15 Å². The van der Waals surface area contributed by atoms with Crippen LogP contribution in [0.15, 0.2) is 88.2 Å². The van der Waals surface area contributed by atoms with E-state index in [0.29, 0.717) is 23.3 Å². The summed E-state index contributed by atoms with van der Waals surface area (Å²) in [5, 5.41) is 15.8. The Kier molecular flexibility index (Phi) is 6.95. The van der Waals surface area contributed by atoms with Crippen molar-refractivity contribution in [1.82, 2.24) is 10.3 Å². The van der Waals surface area contributed by atoms with Crippen LogP contribution in [0.1, 0.15) is 22.3 Å². The molecule has 0 bridgehead atoms. The number of para-hydroxylation sites is 1. The molecular weight excluding hydrogens is 484 g/mol. The largest absolute Gasteiger partial charge is 0.548 e. The molecule has 2 N–H and O–H groups in total. The van der Waals surface area contributed by atoms with E-state index in [0.717, 1.165) is 33.0 Å².